The summed E-state index contributed by atoms with van der Waals surface area (Å²) in [5, 5.41) is 0. The van der Waals surface area contributed by atoms with Crippen molar-refractivity contribution in [2.24, 2.45) is 5.73 Å². The zero-order valence-corrected chi connectivity index (χ0v) is 11.2. The normalized spacial score (nSPS) is 14.7. The highest BCUT2D eigenvalue weighted by atomic mass is 16.5. The Morgan fingerprint density at radius 2 is 1.94 bits per heavy atom. The molecule has 17 heavy (non-hydrogen) atoms. The van der Waals surface area contributed by atoms with E-state index in [1.54, 1.807) is 7.11 Å². The molecule has 0 fully saturated rings. The van der Waals surface area contributed by atoms with Gasteiger partial charge in [-0.2, -0.15) is 0 Å². The van der Waals surface area contributed by atoms with E-state index in [0.717, 1.165) is 17.7 Å². The van der Waals surface area contributed by atoms with Gasteiger partial charge in [-0.1, -0.05) is 18.2 Å². The van der Waals surface area contributed by atoms with E-state index < -0.39 is 0 Å². The van der Waals surface area contributed by atoms with Gasteiger partial charge in [-0.25, -0.2) is 0 Å². The molecular weight excluding hydrogens is 214 g/mol. The predicted molar refractivity (Wildman–Crippen MR) is 70.4 cm³/mol. The summed E-state index contributed by atoms with van der Waals surface area (Å²) in [6, 6.07) is 7.98. The van der Waals surface area contributed by atoms with Crippen LogP contribution in [0.15, 0.2) is 24.3 Å². The van der Waals surface area contributed by atoms with E-state index >= 15 is 0 Å². The highest BCUT2D eigenvalue weighted by molar-refractivity contribution is 5.34. The molecule has 0 amide bonds. The molecule has 1 rings (SSSR count). The van der Waals surface area contributed by atoms with E-state index in [0.29, 0.717) is 6.54 Å². The van der Waals surface area contributed by atoms with Crippen LogP contribution >= 0.6 is 0 Å². The van der Waals surface area contributed by atoms with Crippen molar-refractivity contribution >= 4 is 0 Å². The van der Waals surface area contributed by atoms with Gasteiger partial charge >= 0.3 is 0 Å². The summed E-state index contributed by atoms with van der Waals surface area (Å²) in [6.07, 6.45) is 0.921. The monoisotopic (exact) mass is 237 g/mol. The molecule has 0 saturated heterocycles. The van der Waals surface area contributed by atoms with Gasteiger partial charge in [0.2, 0.25) is 0 Å². The molecule has 0 spiro atoms. The Bertz CT molecular complexity index is 352. The Hall–Kier alpha value is -1.06. The molecule has 96 valence electrons. The van der Waals surface area contributed by atoms with E-state index in [9.17, 15) is 0 Å². The van der Waals surface area contributed by atoms with Crippen LogP contribution in [0.4, 0.5) is 0 Å². The van der Waals surface area contributed by atoms with Crippen molar-refractivity contribution < 1.29 is 9.47 Å². The molecule has 0 aliphatic rings. The molecule has 1 aromatic carbocycles. The third-order valence-corrected chi connectivity index (χ3v) is 2.71. The van der Waals surface area contributed by atoms with Gasteiger partial charge in [0.25, 0.3) is 0 Å². The van der Waals surface area contributed by atoms with Crippen LogP contribution in [0.5, 0.6) is 5.75 Å². The fraction of sp³-hybridized carbons (Fsp3) is 0.571. The number of nitrogens with two attached hydrogens (primary N) is 1. The second-order valence-electron chi connectivity index (χ2n) is 4.81. The molecule has 0 aliphatic heterocycles. The topological polar surface area (TPSA) is 44.5 Å². The highest BCUT2D eigenvalue weighted by Crippen LogP contribution is 2.25. The van der Waals surface area contributed by atoms with Crippen LogP contribution in [0.25, 0.3) is 0 Å². The average Bonchev–Trinajstić information content (AvgIpc) is 2.28. The molecule has 1 atom stereocenters. The molecule has 0 saturated carbocycles. The largest absolute Gasteiger partial charge is 0.496 e. The number of benzene rings is 1. The number of methoxy groups -OCH3 is 1. The van der Waals surface area contributed by atoms with Crippen molar-refractivity contribution in [3.05, 3.63) is 29.8 Å². The Morgan fingerprint density at radius 1 is 1.29 bits per heavy atom. The van der Waals surface area contributed by atoms with Crippen molar-refractivity contribution in [1.29, 1.82) is 0 Å². The van der Waals surface area contributed by atoms with Crippen LogP contribution in [0.1, 0.15) is 26.3 Å². The Balaban J connectivity index is 2.86. The van der Waals surface area contributed by atoms with Crippen LogP contribution in [0, 0.1) is 0 Å². The van der Waals surface area contributed by atoms with Gasteiger partial charge in [-0.05, 0) is 32.4 Å². The Morgan fingerprint density at radius 3 is 2.47 bits per heavy atom. The lowest BCUT2D eigenvalue weighted by Gasteiger charge is -2.31. The standard InChI is InChI=1S/C14H23NO2/c1-11(2)17-14(3,10-15)9-12-7-5-6-8-13(12)16-4/h5-8,11H,9-10,15H2,1-4H3. The summed E-state index contributed by atoms with van der Waals surface area (Å²) < 4.78 is 11.3. The minimum absolute atomic E-state index is 0.165. The first-order valence-electron chi connectivity index (χ1n) is 6.00. The second-order valence-corrected chi connectivity index (χ2v) is 4.81. The summed E-state index contributed by atoms with van der Waals surface area (Å²) in [5.74, 6) is 0.888. The molecule has 1 unspecified atom stereocenters. The van der Waals surface area contributed by atoms with E-state index in [2.05, 4.69) is 6.07 Å². The first-order chi connectivity index (χ1) is 8.00. The number of ether oxygens (including phenoxy) is 2. The van der Waals surface area contributed by atoms with E-state index in [4.69, 9.17) is 15.2 Å². The first kappa shape index (κ1) is 14.0. The SMILES string of the molecule is COc1ccccc1CC(C)(CN)OC(C)C. The lowest BCUT2D eigenvalue weighted by molar-refractivity contribution is -0.0613. The quantitative estimate of drug-likeness (QED) is 0.826. The molecule has 0 bridgehead atoms. The zero-order valence-electron chi connectivity index (χ0n) is 11.2. The van der Waals surface area contributed by atoms with E-state index in [1.807, 2.05) is 39.0 Å². The minimum atomic E-state index is -0.344. The average molecular weight is 237 g/mol. The molecule has 1 aromatic rings. The van der Waals surface area contributed by atoms with Crippen molar-refractivity contribution in [2.75, 3.05) is 13.7 Å². The lowest BCUT2D eigenvalue weighted by Crippen LogP contribution is -2.41. The summed E-state index contributed by atoms with van der Waals surface area (Å²) in [5.41, 5.74) is 6.61. The van der Waals surface area contributed by atoms with Gasteiger partial charge < -0.3 is 15.2 Å². The maximum atomic E-state index is 5.91. The maximum Gasteiger partial charge on any atom is 0.122 e. The van der Waals surface area contributed by atoms with E-state index in [1.165, 1.54) is 0 Å². The Kier molecular flexibility index (Phi) is 4.97. The maximum absolute atomic E-state index is 5.91. The number of para-hydroxylation sites is 1. The molecular formula is C14H23NO2. The van der Waals surface area contributed by atoms with Gasteiger partial charge in [0.15, 0.2) is 0 Å². The van der Waals surface area contributed by atoms with Crippen LogP contribution < -0.4 is 10.5 Å². The molecule has 0 aromatic heterocycles. The molecule has 2 N–H and O–H groups in total. The minimum Gasteiger partial charge on any atom is -0.496 e. The van der Waals surface area contributed by atoms with Gasteiger partial charge in [0, 0.05) is 13.0 Å². The number of hydrogen-bond acceptors (Lipinski definition) is 3. The van der Waals surface area contributed by atoms with Gasteiger partial charge in [0.1, 0.15) is 5.75 Å². The summed E-state index contributed by atoms with van der Waals surface area (Å²) in [6.45, 7) is 6.58. The molecule has 3 heteroatoms. The molecule has 0 aliphatic carbocycles. The fourth-order valence-corrected chi connectivity index (χ4v) is 1.98. The van der Waals surface area contributed by atoms with E-state index in [-0.39, 0.29) is 11.7 Å². The van der Waals surface area contributed by atoms with Crippen molar-refractivity contribution in [2.45, 2.75) is 38.9 Å². The second kappa shape index (κ2) is 6.03. The summed E-state index contributed by atoms with van der Waals surface area (Å²) in [7, 11) is 1.68. The molecule has 0 heterocycles. The third kappa shape index (κ3) is 4.02. The van der Waals surface area contributed by atoms with Gasteiger partial charge in [-0.15, -0.1) is 0 Å². The van der Waals surface area contributed by atoms with Crippen molar-refractivity contribution in [3.8, 4) is 5.75 Å². The predicted octanol–water partition coefficient (Wildman–Crippen LogP) is 2.38. The smallest absolute Gasteiger partial charge is 0.122 e. The van der Waals surface area contributed by atoms with Crippen LogP contribution in [0.3, 0.4) is 0 Å². The highest BCUT2D eigenvalue weighted by Gasteiger charge is 2.26. The first-order valence-corrected chi connectivity index (χ1v) is 6.00. The summed E-state index contributed by atoms with van der Waals surface area (Å²) in [4.78, 5) is 0. The molecule has 3 nitrogen and oxygen atoms in total. The van der Waals surface area contributed by atoms with Gasteiger partial charge in [0.05, 0.1) is 18.8 Å². The lowest BCUT2D eigenvalue weighted by atomic mass is 9.95. The third-order valence-electron chi connectivity index (χ3n) is 2.71. The van der Waals surface area contributed by atoms with Crippen molar-refractivity contribution in [3.63, 3.8) is 0 Å². The number of rotatable bonds is 6. The zero-order chi connectivity index (χ0) is 12.9. The summed E-state index contributed by atoms with van der Waals surface area (Å²) >= 11 is 0. The fourth-order valence-electron chi connectivity index (χ4n) is 1.98. The van der Waals surface area contributed by atoms with Crippen LogP contribution in [-0.2, 0) is 11.2 Å². The number of hydrogen-bond donors (Lipinski definition) is 1. The van der Waals surface area contributed by atoms with Crippen molar-refractivity contribution in [1.82, 2.24) is 0 Å². The van der Waals surface area contributed by atoms with Gasteiger partial charge in [-0.3, -0.25) is 0 Å². The van der Waals surface area contributed by atoms with Crippen LogP contribution in [-0.4, -0.2) is 25.4 Å². The van der Waals surface area contributed by atoms with Crippen LogP contribution in [0.2, 0.25) is 0 Å². The molecule has 0 radical (unpaired) electrons. The Labute approximate surface area is 104 Å².